The maximum absolute atomic E-state index is 12.7. The topological polar surface area (TPSA) is 114 Å². The first-order valence-corrected chi connectivity index (χ1v) is 12.0. The van der Waals surface area contributed by atoms with Crippen LogP contribution < -0.4 is 14.8 Å². The molecular weight excluding hydrogens is 484 g/mol. The fraction of sp³-hybridized carbons (Fsp3) is 0.0800. The van der Waals surface area contributed by atoms with Gasteiger partial charge in [-0.3, -0.25) is 10.1 Å². The molecule has 2 aromatic heterocycles. The lowest BCUT2D eigenvalue weighted by Crippen LogP contribution is -2.13. The van der Waals surface area contributed by atoms with E-state index in [1.54, 1.807) is 35.7 Å². The van der Waals surface area contributed by atoms with Crippen LogP contribution in [0.3, 0.4) is 0 Å². The average molecular weight is 503 g/mol. The molecule has 8 nitrogen and oxygen atoms in total. The molecule has 0 atom stereocenters. The van der Waals surface area contributed by atoms with Crippen molar-refractivity contribution >= 4 is 45.8 Å². The van der Waals surface area contributed by atoms with Gasteiger partial charge >= 0.3 is 5.97 Å². The summed E-state index contributed by atoms with van der Waals surface area (Å²) in [4.78, 5) is 25.3. The second-order valence-electron chi connectivity index (χ2n) is 7.06. The van der Waals surface area contributed by atoms with Crippen LogP contribution >= 0.6 is 22.7 Å². The molecule has 0 unspecified atom stereocenters. The van der Waals surface area contributed by atoms with Crippen LogP contribution in [-0.4, -0.2) is 29.2 Å². The molecule has 0 radical (unpaired) electrons. The molecule has 0 fully saturated rings. The number of methoxy groups -OCH3 is 1. The van der Waals surface area contributed by atoms with Crippen LogP contribution in [0.1, 0.15) is 25.8 Å². The Morgan fingerprint density at radius 3 is 2.63 bits per heavy atom. The summed E-state index contributed by atoms with van der Waals surface area (Å²) < 4.78 is 10.7. The number of nitriles is 1. The van der Waals surface area contributed by atoms with Crippen molar-refractivity contribution in [3.05, 3.63) is 92.6 Å². The molecular formula is C25H18N4O4S2. The molecule has 2 aromatic carbocycles. The third-order valence-electron chi connectivity index (χ3n) is 4.67. The Kier molecular flexibility index (Phi) is 7.62. The number of nitrogens with zero attached hydrogens (tertiary/aromatic N) is 3. The predicted octanol–water partition coefficient (Wildman–Crippen LogP) is 4.96. The lowest BCUT2D eigenvalue weighted by Gasteiger charge is -2.09. The standard InChI is InChI=1S/C25H18N4O4S2/c1-32-20-13-17(9-10-19(20)33-24(31)21-8-5-11-34-21)12-18(15-26)23(30)27-25-29-28-22(35-25)14-16-6-3-2-4-7-16/h2-13H,14H2,1H3,(H,27,29,30)/b18-12-. The molecule has 174 valence electrons. The summed E-state index contributed by atoms with van der Waals surface area (Å²) in [6.45, 7) is 0. The molecule has 0 saturated carbocycles. The van der Waals surface area contributed by atoms with Crippen molar-refractivity contribution in [2.24, 2.45) is 0 Å². The number of carbonyl (C=O) groups is 2. The second kappa shape index (κ2) is 11.2. The number of carbonyl (C=O) groups excluding carboxylic acids is 2. The molecule has 0 spiro atoms. The lowest BCUT2D eigenvalue weighted by molar-refractivity contribution is -0.112. The number of benzene rings is 2. The van der Waals surface area contributed by atoms with Crippen LogP contribution in [0.2, 0.25) is 0 Å². The summed E-state index contributed by atoms with van der Waals surface area (Å²) in [6, 6.07) is 19.9. The van der Waals surface area contributed by atoms with E-state index < -0.39 is 11.9 Å². The minimum atomic E-state index is -0.609. The third kappa shape index (κ3) is 6.17. The number of amides is 1. The Labute approximate surface area is 209 Å². The van der Waals surface area contributed by atoms with Gasteiger partial charge in [0.1, 0.15) is 21.5 Å². The quantitative estimate of drug-likeness (QED) is 0.157. The molecule has 4 aromatic rings. The van der Waals surface area contributed by atoms with E-state index in [1.807, 2.05) is 36.4 Å². The van der Waals surface area contributed by atoms with Crippen molar-refractivity contribution in [3.8, 4) is 17.6 Å². The Morgan fingerprint density at radius 2 is 1.91 bits per heavy atom. The molecule has 10 heteroatoms. The number of esters is 1. The molecule has 0 aliphatic rings. The SMILES string of the molecule is COc1cc(/C=C(/C#N)C(=O)Nc2nnc(Cc3ccccc3)s2)ccc1OC(=O)c1cccs1. The van der Waals surface area contributed by atoms with E-state index in [2.05, 4.69) is 15.5 Å². The number of hydrogen-bond donors (Lipinski definition) is 1. The fourth-order valence-corrected chi connectivity index (χ4v) is 4.40. The van der Waals surface area contributed by atoms with Gasteiger partial charge in [0, 0.05) is 6.42 Å². The number of anilines is 1. The van der Waals surface area contributed by atoms with Crippen molar-refractivity contribution in [1.29, 1.82) is 5.26 Å². The van der Waals surface area contributed by atoms with Gasteiger partial charge in [-0.25, -0.2) is 4.79 Å². The Morgan fingerprint density at radius 1 is 1.09 bits per heavy atom. The molecule has 1 N–H and O–H groups in total. The zero-order valence-electron chi connectivity index (χ0n) is 18.4. The van der Waals surface area contributed by atoms with Crippen LogP contribution in [0.4, 0.5) is 5.13 Å². The minimum absolute atomic E-state index is 0.129. The number of aromatic nitrogens is 2. The molecule has 0 aliphatic carbocycles. The van der Waals surface area contributed by atoms with Crippen LogP contribution in [0.15, 0.2) is 71.6 Å². The monoisotopic (exact) mass is 502 g/mol. The Balaban J connectivity index is 1.45. The van der Waals surface area contributed by atoms with Crippen molar-refractivity contribution in [3.63, 3.8) is 0 Å². The number of nitrogens with one attached hydrogen (secondary N) is 1. The van der Waals surface area contributed by atoms with Crippen molar-refractivity contribution in [1.82, 2.24) is 10.2 Å². The van der Waals surface area contributed by atoms with Crippen LogP contribution in [0, 0.1) is 11.3 Å². The van der Waals surface area contributed by atoms with E-state index in [1.165, 1.54) is 35.9 Å². The summed E-state index contributed by atoms with van der Waals surface area (Å²) in [5.74, 6) is -0.591. The van der Waals surface area contributed by atoms with Gasteiger partial charge in [-0.15, -0.1) is 21.5 Å². The number of rotatable bonds is 8. The first-order chi connectivity index (χ1) is 17.1. The molecule has 1 amide bonds. The zero-order valence-corrected chi connectivity index (χ0v) is 20.1. The van der Waals surface area contributed by atoms with Gasteiger partial charge in [-0.05, 0) is 40.8 Å². The molecule has 4 rings (SSSR count). The maximum atomic E-state index is 12.7. The third-order valence-corrected chi connectivity index (χ3v) is 6.36. The van der Waals surface area contributed by atoms with Crippen LogP contribution in [0.5, 0.6) is 11.5 Å². The normalized spacial score (nSPS) is 10.9. The molecule has 0 aliphatic heterocycles. The highest BCUT2D eigenvalue weighted by Crippen LogP contribution is 2.30. The van der Waals surface area contributed by atoms with Gasteiger partial charge in [0.25, 0.3) is 5.91 Å². The van der Waals surface area contributed by atoms with Crippen LogP contribution in [-0.2, 0) is 11.2 Å². The Bertz CT molecular complexity index is 1410. The summed E-state index contributed by atoms with van der Waals surface area (Å²) >= 11 is 2.51. The Hall–Kier alpha value is -4.33. The zero-order chi connectivity index (χ0) is 24.6. The van der Waals surface area contributed by atoms with Crippen LogP contribution in [0.25, 0.3) is 6.08 Å². The van der Waals surface area contributed by atoms with Gasteiger partial charge < -0.3 is 9.47 Å². The molecule has 35 heavy (non-hydrogen) atoms. The summed E-state index contributed by atoms with van der Waals surface area (Å²) in [5.41, 5.74) is 1.47. The summed E-state index contributed by atoms with van der Waals surface area (Å²) in [6.07, 6.45) is 2.01. The number of thiophene rings is 1. The maximum Gasteiger partial charge on any atom is 0.353 e. The predicted molar refractivity (Wildman–Crippen MR) is 134 cm³/mol. The van der Waals surface area contributed by atoms with Gasteiger partial charge in [-0.2, -0.15) is 5.26 Å². The van der Waals surface area contributed by atoms with Crippen molar-refractivity contribution < 1.29 is 19.1 Å². The first-order valence-electron chi connectivity index (χ1n) is 10.3. The van der Waals surface area contributed by atoms with E-state index in [4.69, 9.17) is 9.47 Å². The van der Waals surface area contributed by atoms with E-state index in [-0.39, 0.29) is 17.1 Å². The van der Waals surface area contributed by atoms with E-state index >= 15 is 0 Å². The number of hydrogen-bond acceptors (Lipinski definition) is 9. The van der Waals surface area contributed by atoms with Crippen molar-refractivity contribution in [2.45, 2.75) is 6.42 Å². The second-order valence-corrected chi connectivity index (χ2v) is 9.07. The average Bonchev–Trinajstić information content (AvgIpc) is 3.56. The lowest BCUT2D eigenvalue weighted by atomic mass is 10.1. The highest BCUT2D eigenvalue weighted by Gasteiger charge is 2.16. The van der Waals surface area contributed by atoms with Gasteiger partial charge in [0.2, 0.25) is 5.13 Å². The van der Waals surface area contributed by atoms with Gasteiger partial charge in [0.15, 0.2) is 11.5 Å². The largest absolute Gasteiger partial charge is 0.493 e. The highest BCUT2D eigenvalue weighted by atomic mass is 32.1. The minimum Gasteiger partial charge on any atom is -0.493 e. The highest BCUT2D eigenvalue weighted by molar-refractivity contribution is 7.15. The van der Waals surface area contributed by atoms with Gasteiger partial charge in [0.05, 0.1) is 7.11 Å². The number of ether oxygens (including phenoxy) is 2. The summed E-state index contributed by atoms with van der Waals surface area (Å²) in [7, 11) is 1.44. The molecule has 0 saturated heterocycles. The van der Waals surface area contributed by atoms with E-state index in [9.17, 15) is 14.9 Å². The first kappa shape index (κ1) is 23.8. The van der Waals surface area contributed by atoms with Gasteiger partial charge in [-0.1, -0.05) is 53.8 Å². The molecule has 0 bridgehead atoms. The summed E-state index contributed by atoms with van der Waals surface area (Å²) in [5, 5.41) is 23.1. The van der Waals surface area contributed by atoms with Crippen molar-refractivity contribution in [2.75, 3.05) is 12.4 Å². The molecule has 2 heterocycles. The fourth-order valence-electron chi connectivity index (χ4n) is 3.03. The van der Waals surface area contributed by atoms with E-state index in [0.717, 1.165) is 10.6 Å². The van der Waals surface area contributed by atoms with E-state index in [0.29, 0.717) is 22.0 Å². The smallest absolute Gasteiger partial charge is 0.353 e.